The van der Waals surface area contributed by atoms with Crippen LogP contribution < -0.4 is 15.0 Å². The lowest BCUT2D eigenvalue weighted by Gasteiger charge is -2.40. The molecule has 2 aromatic heterocycles. The van der Waals surface area contributed by atoms with Gasteiger partial charge in [0, 0.05) is 63.2 Å². The molecule has 0 bridgehead atoms. The van der Waals surface area contributed by atoms with Gasteiger partial charge in [0.05, 0.1) is 18.5 Å². The fourth-order valence-corrected chi connectivity index (χ4v) is 4.57. The molecule has 4 rings (SSSR count). The first-order chi connectivity index (χ1) is 16.8. The Morgan fingerprint density at radius 2 is 2.06 bits per heavy atom. The van der Waals surface area contributed by atoms with Gasteiger partial charge in [-0.1, -0.05) is 13.0 Å². The van der Waals surface area contributed by atoms with E-state index in [0.29, 0.717) is 24.4 Å². The smallest absolute Gasteiger partial charge is 0.253 e. The summed E-state index contributed by atoms with van der Waals surface area (Å²) in [7, 11) is 5.59. The Balaban J connectivity index is 1.55. The van der Waals surface area contributed by atoms with Crippen molar-refractivity contribution in [1.29, 1.82) is 0 Å². The first kappa shape index (κ1) is 24.4. The van der Waals surface area contributed by atoms with E-state index in [0.717, 1.165) is 48.0 Å². The number of anilines is 2. The summed E-state index contributed by atoms with van der Waals surface area (Å²) in [6, 6.07) is 11.5. The zero-order chi connectivity index (χ0) is 25.0. The molecule has 1 amide bonds. The first-order valence-electron chi connectivity index (χ1n) is 11.9. The molecule has 1 saturated heterocycles. The monoisotopic (exact) mass is 474 g/mol. The molecule has 0 unspecified atom stereocenters. The fraction of sp³-hybridized carbons (Fsp3) is 0.407. The maximum atomic E-state index is 13.6. The molecule has 1 N–H and O–H groups in total. The first-order valence-corrected chi connectivity index (χ1v) is 11.9. The normalized spacial score (nSPS) is 17.7. The van der Waals surface area contributed by atoms with Crippen molar-refractivity contribution >= 4 is 17.4 Å². The number of benzene rings is 1. The molecular weight excluding hydrogens is 440 g/mol. The molecule has 8 heteroatoms. The van der Waals surface area contributed by atoms with Gasteiger partial charge in [0.15, 0.2) is 0 Å². The summed E-state index contributed by atoms with van der Waals surface area (Å²) in [6.07, 6.45) is 5.46. The third-order valence-corrected chi connectivity index (χ3v) is 6.54. The molecule has 1 aliphatic heterocycles. The SMILES string of the molecule is COc1ccc(C(=O)N2CCC[C@](C)(c3cc(N(C)C)nc(C)n3)C2)cc1NCc1cccnc1. The second-order valence-corrected chi connectivity index (χ2v) is 9.57. The van der Waals surface area contributed by atoms with Crippen LogP contribution >= 0.6 is 0 Å². The van der Waals surface area contributed by atoms with Crippen molar-refractivity contribution in [2.45, 2.75) is 38.6 Å². The minimum Gasteiger partial charge on any atom is -0.495 e. The minimum atomic E-state index is -0.236. The number of amides is 1. The van der Waals surface area contributed by atoms with Crippen LogP contribution in [-0.2, 0) is 12.0 Å². The number of carbonyl (C=O) groups is 1. The molecule has 0 aliphatic carbocycles. The average Bonchev–Trinajstić information content (AvgIpc) is 2.87. The van der Waals surface area contributed by atoms with Gasteiger partial charge in [-0.3, -0.25) is 9.78 Å². The van der Waals surface area contributed by atoms with Crippen LogP contribution in [0.1, 0.15) is 47.2 Å². The lowest BCUT2D eigenvalue weighted by atomic mass is 9.78. The maximum absolute atomic E-state index is 13.6. The standard InChI is InChI=1S/C27H34N6O2/c1-19-30-24(15-25(31-19)32(3)4)27(2)11-7-13-33(18-27)26(34)21-9-10-23(35-5)22(14-21)29-17-20-8-6-12-28-16-20/h6,8-10,12,14-16,29H,7,11,13,17-18H2,1-5H3/t27-/m0/s1. The van der Waals surface area contributed by atoms with E-state index in [1.165, 1.54) is 0 Å². The Hall–Kier alpha value is -3.68. The minimum absolute atomic E-state index is 0.0154. The van der Waals surface area contributed by atoms with E-state index in [1.54, 1.807) is 13.3 Å². The van der Waals surface area contributed by atoms with E-state index in [9.17, 15) is 4.79 Å². The number of pyridine rings is 1. The number of hydrogen-bond donors (Lipinski definition) is 1. The number of likely N-dealkylation sites (tertiary alicyclic amines) is 1. The highest BCUT2D eigenvalue weighted by molar-refractivity contribution is 5.95. The molecule has 0 saturated carbocycles. The quantitative estimate of drug-likeness (QED) is 0.553. The number of piperidine rings is 1. The van der Waals surface area contributed by atoms with Gasteiger partial charge in [-0.25, -0.2) is 9.97 Å². The lowest BCUT2D eigenvalue weighted by molar-refractivity contribution is 0.0647. The Morgan fingerprint density at radius 1 is 1.23 bits per heavy atom. The van der Waals surface area contributed by atoms with Gasteiger partial charge in [-0.05, 0) is 49.6 Å². The second-order valence-electron chi connectivity index (χ2n) is 9.57. The number of nitrogens with one attached hydrogen (secondary N) is 1. The average molecular weight is 475 g/mol. The third-order valence-electron chi connectivity index (χ3n) is 6.54. The van der Waals surface area contributed by atoms with E-state index in [1.807, 2.05) is 67.3 Å². The van der Waals surface area contributed by atoms with Crippen molar-refractivity contribution in [2.75, 3.05) is 44.5 Å². The molecule has 1 fully saturated rings. The van der Waals surface area contributed by atoms with E-state index in [2.05, 4.69) is 28.3 Å². The third kappa shape index (κ3) is 5.53. The summed E-state index contributed by atoms with van der Waals surface area (Å²) in [5, 5.41) is 3.39. The molecule has 0 spiro atoms. The number of methoxy groups -OCH3 is 1. The highest BCUT2D eigenvalue weighted by Gasteiger charge is 2.36. The van der Waals surface area contributed by atoms with Crippen molar-refractivity contribution in [1.82, 2.24) is 19.9 Å². The molecule has 3 heterocycles. The molecule has 1 aromatic carbocycles. The number of ether oxygens (including phenoxy) is 1. The van der Waals surface area contributed by atoms with E-state index >= 15 is 0 Å². The highest BCUT2D eigenvalue weighted by Crippen LogP contribution is 2.35. The van der Waals surface area contributed by atoms with Crippen molar-refractivity contribution in [2.24, 2.45) is 0 Å². The summed E-state index contributed by atoms with van der Waals surface area (Å²) in [5.74, 6) is 2.34. The Morgan fingerprint density at radius 3 is 2.77 bits per heavy atom. The van der Waals surface area contributed by atoms with Crippen LogP contribution in [0, 0.1) is 6.92 Å². The van der Waals surface area contributed by atoms with Crippen LogP contribution in [0.25, 0.3) is 0 Å². The van der Waals surface area contributed by atoms with Gasteiger partial charge >= 0.3 is 0 Å². The number of aromatic nitrogens is 3. The van der Waals surface area contributed by atoms with Gasteiger partial charge in [-0.2, -0.15) is 0 Å². The van der Waals surface area contributed by atoms with Crippen LogP contribution in [0.2, 0.25) is 0 Å². The zero-order valence-corrected chi connectivity index (χ0v) is 21.2. The predicted molar refractivity (Wildman–Crippen MR) is 138 cm³/mol. The topological polar surface area (TPSA) is 83.5 Å². The molecule has 184 valence electrons. The zero-order valence-electron chi connectivity index (χ0n) is 21.2. The predicted octanol–water partition coefficient (Wildman–Crippen LogP) is 4.06. The van der Waals surface area contributed by atoms with Gasteiger partial charge in [0.25, 0.3) is 5.91 Å². The number of nitrogens with zero attached hydrogens (tertiary/aromatic N) is 5. The fourth-order valence-electron chi connectivity index (χ4n) is 4.57. The largest absolute Gasteiger partial charge is 0.495 e. The molecule has 35 heavy (non-hydrogen) atoms. The van der Waals surface area contributed by atoms with Crippen molar-refractivity contribution < 1.29 is 9.53 Å². The number of hydrogen-bond acceptors (Lipinski definition) is 7. The lowest BCUT2D eigenvalue weighted by Crippen LogP contribution is -2.47. The van der Waals surface area contributed by atoms with E-state index in [4.69, 9.17) is 9.72 Å². The van der Waals surface area contributed by atoms with Crippen LogP contribution in [0.5, 0.6) is 5.75 Å². The van der Waals surface area contributed by atoms with Crippen LogP contribution in [-0.4, -0.2) is 60.1 Å². The highest BCUT2D eigenvalue weighted by atomic mass is 16.5. The molecular formula is C27H34N6O2. The van der Waals surface area contributed by atoms with Gasteiger partial charge in [0.2, 0.25) is 0 Å². The summed E-state index contributed by atoms with van der Waals surface area (Å²) in [4.78, 5) is 31.0. The molecule has 3 aromatic rings. The van der Waals surface area contributed by atoms with Crippen molar-refractivity contribution in [3.8, 4) is 5.75 Å². The van der Waals surface area contributed by atoms with Gasteiger partial charge in [0.1, 0.15) is 17.4 Å². The number of carbonyl (C=O) groups excluding carboxylic acids is 1. The second kappa shape index (κ2) is 10.3. The van der Waals surface area contributed by atoms with Gasteiger partial charge < -0.3 is 19.9 Å². The van der Waals surface area contributed by atoms with E-state index in [-0.39, 0.29) is 11.3 Å². The molecule has 1 atom stereocenters. The summed E-state index contributed by atoms with van der Waals surface area (Å²) < 4.78 is 5.53. The van der Waals surface area contributed by atoms with Crippen LogP contribution in [0.4, 0.5) is 11.5 Å². The number of aryl methyl sites for hydroxylation is 1. The molecule has 1 aliphatic rings. The van der Waals surface area contributed by atoms with Gasteiger partial charge in [-0.15, -0.1) is 0 Å². The Labute approximate surface area is 207 Å². The van der Waals surface area contributed by atoms with Crippen LogP contribution in [0.15, 0.2) is 48.8 Å². The van der Waals surface area contributed by atoms with Crippen molar-refractivity contribution in [3.05, 3.63) is 71.4 Å². The van der Waals surface area contributed by atoms with Crippen molar-refractivity contribution in [3.63, 3.8) is 0 Å². The van der Waals surface area contributed by atoms with E-state index < -0.39 is 0 Å². The number of rotatable bonds is 7. The summed E-state index contributed by atoms with van der Waals surface area (Å²) in [6.45, 7) is 6.04. The van der Waals surface area contributed by atoms with Crippen LogP contribution in [0.3, 0.4) is 0 Å². The maximum Gasteiger partial charge on any atom is 0.253 e. The molecule has 0 radical (unpaired) electrons. The summed E-state index contributed by atoms with van der Waals surface area (Å²) >= 11 is 0. The summed E-state index contributed by atoms with van der Waals surface area (Å²) in [5.41, 5.74) is 3.22. The Kier molecular flexibility index (Phi) is 7.19. The Bertz CT molecular complexity index is 1180. The molecule has 8 nitrogen and oxygen atoms in total.